The van der Waals surface area contributed by atoms with Crippen LogP contribution >= 0.6 is 22.9 Å². The van der Waals surface area contributed by atoms with Crippen LogP contribution in [0.1, 0.15) is 10.6 Å². The van der Waals surface area contributed by atoms with Crippen molar-refractivity contribution in [1.29, 1.82) is 0 Å². The van der Waals surface area contributed by atoms with E-state index in [2.05, 4.69) is 41.5 Å². The van der Waals surface area contributed by atoms with E-state index in [9.17, 15) is 0 Å². The normalized spacial score (nSPS) is 11.9. The minimum atomic E-state index is 0.565. The standard InChI is InChI=1S/C18H14ClN3S/c19-9-10-22-12-13(11-20-22)5-8-17-21-18-15-4-2-1-3-14(15)6-7-16(18)23-17/h1-8,11-12H,9-10H2/b8-5+. The Balaban J connectivity index is 1.68. The average molecular weight is 340 g/mol. The number of aromatic nitrogens is 3. The zero-order valence-electron chi connectivity index (χ0n) is 12.3. The lowest BCUT2D eigenvalue weighted by molar-refractivity contribution is 0.664. The number of nitrogens with zero attached hydrogens (tertiary/aromatic N) is 3. The van der Waals surface area contributed by atoms with Gasteiger partial charge in [0.15, 0.2) is 0 Å². The molecule has 0 atom stereocenters. The molecule has 0 spiro atoms. The number of hydrogen-bond donors (Lipinski definition) is 0. The zero-order valence-corrected chi connectivity index (χ0v) is 13.9. The van der Waals surface area contributed by atoms with Crippen LogP contribution in [0, 0.1) is 0 Å². The fourth-order valence-corrected chi connectivity index (χ4v) is 3.65. The van der Waals surface area contributed by atoms with Crippen molar-refractivity contribution in [2.75, 3.05) is 5.88 Å². The molecule has 23 heavy (non-hydrogen) atoms. The van der Waals surface area contributed by atoms with Gasteiger partial charge in [0.05, 0.1) is 23.0 Å². The van der Waals surface area contributed by atoms with Crippen LogP contribution in [0.4, 0.5) is 0 Å². The van der Waals surface area contributed by atoms with E-state index >= 15 is 0 Å². The van der Waals surface area contributed by atoms with Gasteiger partial charge < -0.3 is 0 Å². The maximum Gasteiger partial charge on any atom is 0.117 e. The third kappa shape index (κ3) is 2.87. The molecule has 0 fully saturated rings. The molecule has 3 nitrogen and oxygen atoms in total. The smallest absolute Gasteiger partial charge is 0.117 e. The van der Waals surface area contributed by atoms with Gasteiger partial charge in [-0.2, -0.15) is 5.10 Å². The molecule has 5 heteroatoms. The van der Waals surface area contributed by atoms with Crippen LogP contribution in [0.15, 0.2) is 48.8 Å². The van der Waals surface area contributed by atoms with Crippen molar-refractivity contribution >= 4 is 56.1 Å². The number of benzene rings is 2. The number of hydrogen-bond acceptors (Lipinski definition) is 3. The maximum absolute atomic E-state index is 5.72. The second kappa shape index (κ2) is 6.14. The fraction of sp³-hybridized carbons (Fsp3) is 0.111. The summed E-state index contributed by atoms with van der Waals surface area (Å²) < 4.78 is 3.06. The first-order chi connectivity index (χ1) is 11.3. The molecule has 114 valence electrons. The summed E-state index contributed by atoms with van der Waals surface area (Å²) in [7, 11) is 0. The number of halogens is 1. The summed E-state index contributed by atoms with van der Waals surface area (Å²) in [4.78, 5) is 4.78. The second-order valence-electron chi connectivity index (χ2n) is 5.24. The van der Waals surface area contributed by atoms with Crippen molar-refractivity contribution in [3.63, 3.8) is 0 Å². The summed E-state index contributed by atoms with van der Waals surface area (Å²) in [5.74, 6) is 0.565. The van der Waals surface area contributed by atoms with Crippen molar-refractivity contribution in [1.82, 2.24) is 14.8 Å². The van der Waals surface area contributed by atoms with Gasteiger partial charge in [-0.15, -0.1) is 22.9 Å². The van der Waals surface area contributed by atoms with Crippen molar-refractivity contribution in [3.05, 3.63) is 59.4 Å². The van der Waals surface area contributed by atoms with Crippen molar-refractivity contribution < 1.29 is 0 Å². The highest BCUT2D eigenvalue weighted by Gasteiger charge is 2.05. The van der Waals surface area contributed by atoms with Crippen LogP contribution < -0.4 is 0 Å². The lowest BCUT2D eigenvalue weighted by Gasteiger charge is -1.96. The molecule has 0 unspecified atom stereocenters. The Morgan fingerprint density at radius 1 is 1.13 bits per heavy atom. The SMILES string of the molecule is ClCCn1cc(/C=C/c2nc3c(ccc4ccccc43)s2)cn1. The summed E-state index contributed by atoms with van der Waals surface area (Å²) >= 11 is 7.43. The Kier molecular flexibility index (Phi) is 3.85. The second-order valence-corrected chi connectivity index (χ2v) is 6.68. The first-order valence-electron chi connectivity index (χ1n) is 7.38. The number of thiazole rings is 1. The van der Waals surface area contributed by atoms with E-state index in [-0.39, 0.29) is 0 Å². The molecule has 0 saturated heterocycles. The molecule has 0 aliphatic heterocycles. The highest BCUT2D eigenvalue weighted by molar-refractivity contribution is 7.19. The largest absolute Gasteiger partial charge is 0.271 e. The van der Waals surface area contributed by atoms with E-state index in [0.29, 0.717) is 5.88 Å². The third-order valence-electron chi connectivity index (χ3n) is 3.69. The molecule has 2 heterocycles. The van der Waals surface area contributed by atoms with Crippen molar-refractivity contribution in [2.45, 2.75) is 6.54 Å². The lowest BCUT2D eigenvalue weighted by Crippen LogP contribution is -1.98. The van der Waals surface area contributed by atoms with Crippen LogP contribution in [-0.2, 0) is 6.54 Å². The van der Waals surface area contributed by atoms with Crippen LogP contribution in [0.25, 0.3) is 33.1 Å². The van der Waals surface area contributed by atoms with E-state index in [1.165, 1.54) is 15.5 Å². The van der Waals surface area contributed by atoms with Gasteiger partial charge in [-0.1, -0.05) is 30.3 Å². The number of alkyl halides is 1. The van der Waals surface area contributed by atoms with Gasteiger partial charge >= 0.3 is 0 Å². The molecule has 0 bridgehead atoms. The highest BCUT2D eigenvalue weighted by Crippen LogP contribution is 2.30. The Hall–Kier alpha value is -2.17. The molecule has 0 amide bonds. The lowest BCUT2D eigenvalue weighted by atomic mass is 10.1. The maximum atomic E-state index is 5.72. The summed E-state index contributed by atoms with van der Waals surface area (Å²) in [6.07, 6.45) is 7.91. The molecule has 0 N–H and O–H groups in total. The van der Waals surface area contributed by atoms with Gasteiger partial charge in [0.2, 0.25) is 0 Å². The van der Waals surface area contributed by atoms with Crippen LogP contribution in [0.3, 0.4) is 0 Å². The van der Waals surface area contributed by atoms with E-state index in [1.807, 2.05) is 29.2 Å². The van der Waals surface area contributed by atoms with Crippen molar-refractivity contribution in [2.24, 2.45) is 0 Å². The summed E-state index contributed by atoms with van der Waals surface area (Å²) in [5.41, 5.74) is 2.13. The van der Waals surface area contributed by atoms with Gasteiger partial charge in [-0.25, -0.2) is 4.98 Å². The Bertz CT molecular complexity index is 1000. The average Bonchev–Trinajstić information content (AvgIpc) is 3.19. The van der Waals surface area contributed by atoms with Gasteiger partial charge in [0.1, 0.15) is 5.01 Å². The number of aryl methyl sites for hydroxylation is 1. The van der Waals surface area contributed by atoms with Crippen LogP contribution in [0.5, 0.6) is 0 Å². The predicted octanol–water partition coefficient (Wildman–Crippen LogP) is 5.06. The van der Waals surface area contributed by atoms with E-state index in [0.717, 1.165) is 22.6 Å². The summed E-state index contributed by atoms with van der Waals surface area (Å²) in [6.45, 7) is 0.725. The Morgan fingerprint density at radius 2 is 2.04 bits per heavy atom. The molecule has 2 aromatic heterocycles. The monoisotopic (exact) mass is 339 g/mol. The molecule has 4 rings (SSSR count). The topological polar surface area (TPSA) is 30.7 Å². The number of fused-ring (bicyclic) bond motifs is 3. The van der Waals surface area contributed by atoms with Crippen molar-refractivity contribution in [3.8, 4) is 0 Å². The third-order valence-corrected chi connectivity index (χ3v) is 4.84. The van der Waals surface area contributed by atoms with Gasteiger partial charge in [-0.05, 0) is 23.6 Å². The molecular formula is C18H14ClN3S. The van der Waals surface area contributed by atoms with E-state index in [4.69, 9.17) is 16.6 Å². The minimum Gasteiger partial charge on any atom is -0.271 e. The molecule has 0 saturated carbocycles. The van der Waals surface area contributed by atoms with Crippen LogP contribution in [0.2, 0.25) is 0 Å². The minimum absolute atomic E-state index is 0.565. The quantitative estimate of drug-likeness (QED) is 0.487. The number of rotatable bonds is 4. The van der Waals surface area contributed by atoms with Gasteiger partial charge in [0.25, 0.3) is 0 Å². The molecule has 2 aromatic carbocycles. The summed E-state index contributed by atoms with van der Waals surface area (Å²) in [6, 6.07) is 12.7. The molecule has 0 aliphatic rings. The molecule has 0 radical (unpaired) electrons. The Labute approximate surface area is 142 Å². The summed E-state index contributed by atoms with van der Waals surface area (Å²) in [5, 5.41) is 7.70. The first kappa shape index (κ1) is 14.4. The first-order valence-corrected chi connectivity index (χ1v) is 8.73. The highest BCUT2D eigenvalue weighted by atomic mass is 35.5. The zero-order chi connectivity index (χ0) is 15.6. The van der Waals surface area contributed by atoms with E-state index in [1.54, 1.807) is 11.3 Å². The van der Waals surface area contributed by atoms with Crippen LogP contribution in [-0.4, -0.2) is 20.6 Å². The van der Waals surface area contributed by atoms with E-state index < -0.39 is 0 Å². The molecule has 4 aromatic rings. The fourth-order valence-electron chi connectivity index (χ4n) is 2.59. The van der Waals surface area contributed by atoms with Gasteiger partial charge in [-0.3, -0.25) is 4.68 Å². The van der Waals surface area contributed by atoms with Gasteiger partial charge in [0, 0.05) is 23.0 Å². The molecular weight excluding hydrogens is 326 g/mol. The Morgan fingerprint density at radius 3 is 2.96 bits per heavy atom. The molecule has 0 aliphatic carbocycles. The predicted molar refractivity (Wildman–Crippen MR) is 99.0 cm³/mol.